The summed E-state index contributed by atoms with van der Waals surface area (Å²) < 4.78 is 0. The highest BCUT2D eigenvalue weighted by Crippen LogP contribution is 2.48. The molecule has 1 aromatic carbocycles. The molecular weight excluding hydrogens is 244 g/mol. The van der Waals surface area contributed by atoms with E-state index in [1.807, 2.05) is 0 Å². The highest BCUT2D eigenvalue weighted by atomic mass is 14.9. The fourth-order valence-corrected chi connectivity index (χ4v) is 3.96. The first-order valence-electron chi connectivity index (χ1n) is 8.41. The van der Waals surface area contributed by atoms with Crippen LogP contribution in [0.1, 0.15) is 42.7 Å². The van der Waals surface area contributed by atoms with Crippen LogP contribution in [0.15, 0.2) is 24.3 Å². The third-order valence-electron chi connectivity index (χ3n) is 5.43. The summed E-state index contributed by atoms with van der Waals surface area (Å²) in [6.07, 6.45) is 5.99. The smallest absolute Gasteiger partial charge is 0.0208 e. The molecule has 1 aromatic rings. The van der Waals surface area contributed by atoms with Crippen molar-refractivity contribution in [2.75, 3.05) is 19.6 Å². The van der Waals surface area contributed by atoms with Gasteiger partial charge in [0.25, 0.3) is 0 Å². The summed E-state index contributed by atoms with van der Waals surface area (Å²) in [7, 11) is 0. The van der Waals surface area contributed by atoms with Crippen molar-refractivity contribution in [1.29, 1.82) is 0 Å². The van der Waals surface area contributed by atoms with E-state index in [-0.39, 0.29) is 0 Å². The number of hydrogen-bond donors (Lipinski definition) is 2. The molecule has 4 rings (SSSR count). The average molecular weight is 270 g/mol. The first-order valence-corrected chi connectivity index (χ1v) is 8.41. The molecule has 0 saturated heterocycles. The summed E-state index contributed by atoms with van der Waals surface area (Å²) in [5, 5.41) is 7.36. The summed E-state index contributed by atoms with van der Waals surface area (Å²) >= 11 is 0. The van der Waals surface area contributed by atoms with Gasteiger partial charge in [-0.15, -0.1) is 0 Å². The van der Waals surface area contributed by atoms with Crippen LogP contribution in [0.2, 0.25) is 0 Å². The fraction of sp³-hybridized carbons (Fsp3) is 0.667. The number of fused-ring (bicyclic) bond motifs is 1. The summed E-state index contributed by atoms with van der Waals surface area (Å²) in [5.74, 6) is 3.76. The van der Waals surface area contributed by atoms with Crippen LogP contribution in [0.4, 0.5) is 0 Å². The second-order valence-corrected chi connectivity index (χ2v) is 7.02. The Labute approximate surface area is 122 Å². The molecule has 0 amide bonds. The Morgan fingerprint density at radius 2 is 1.85 bits per heavy atom. The minimum absolute atomic E-state index is 0.652. The topological polar surface area (TPSA) is 24.1 Å². The minimum Gasteiger partial charge on any atom is -0.316 e. The molecule has 2 heteroatoms. The van der Waals surface area contributed by atoms with Gasteiger partial charge in [-0.3, -0.25) is 0 Å². The Balaban J connectivity index is 1.33. The Kier molecular flexibility index (Phi) is 3.53. The van der Waals surface area contributed by atoms with Crippen molar-refractivity contribution in [1.82, 2.24) is 10.6 Å². The molecule has 3 aliphatic rings. The van der Waals surface area contributed by atoms with Gasteiger partial charge in [0, 0.05) is 25.6 Å². The molecule has 1 aliphatic heterocycles. The van der Waals surface area contributed by atoms with Crippen LogP contribution < -0.4 is 10.6 Å². The van der Waals surface area contributed by atoms with Gasteiger partial charge in [-0.2, -0.15) is 0 Å². The molecule has 20 heavy (non-hydrogen) atoms. The molecule has 0 radical (unpaired) electrons. The van der Waals surface area contributed by atoms with Crippen LogP contribution in [-0.2, 0) is 6.54 Å². The van der Waals surface area contributed by atoms with Gasteiger partial charge in [0.2, 0.25) is 0 Å². The number of benzene rings is 1. The van der Waals surface area contributed by atoms with Crippen molar-refractivity contribution in [2.24, 2.45) is 17.8 Å². The van der Waals surface area contributed by atoms with Crippen molar-refractivity contribution in [3.8, 4) is 0 Å². The third kappa shape index (κ3) is 2.77. The molecule has 1 unspecified atom stereocenters. The van der Waals surface area contributed by atoms with Gasteiger partial charge in [0.15, 0.2) is 0 Å². The summed E-state index contributed by atoms with van der Waals surface area (Å²) in [4.78, 5) is 0. The zero-order valence-corrected chi connectivity index (χ0v) is 12.3. The van der Waals surface area contributed by atoms with Crippen molar-refractivity contribution in [3.63, 3.8) is 0 Å². The van der Waals surface area contributed by atoms with Crippen molar-refractivity contribution in [2.45, 2.75) is 38.1 Å². The molecule has 2 saturated carbocycles. The first-order chi connectivity index (χ1) is 9.92. The Hall–Kier alpha value is -0.860. The standard InChI is InChI=1S/C18H26N2/c1-2-4-17-15(3-1)9-19-10-16(17)11-20-12-18(13-5-6-13)14-7-8-14/h1-4,13-14,16,18-20H,5-12H2. The van der Waals surface area contributed by atoms with Gasteiger partial charge in [-0.25, -0.2) is 0 Å². The molecule has 0 bridgehead atoms. The molecule has 2 nitrogen and oxygen atoms in total. The van der Waals surface area contributed by atoms with Gasteiger partial charge in [-0.1, -0.05) is 24.3 Å². The molecule has 0 spiro atoms. The van der Waals surface area contributed by atoms with Crippen LogP contribution in [0, 0.1) is 17.8 Å². The molecule has 2 aliphatic carbocycles. The van der Waals surface area contributed by atoms with Crippen LogP contribution in [0.25, 0.3) is 0 Å². The van der Waals surface area contributed by atoms with Crippen LogP contribution >= 0.6 is 0 Å². The van der Waals surface area contributed by atoms with E-state index in [0.717, 1.165) is 37.4 Å². The zero-order valence-electron chi connectivity index (χ0n) is 12.3. The number of rotatable bonds is 6. The molecule has 108 valence electrons. The number of hydrogen-bond acceptors (Lipinski definition) is 2. The highest BCUT2D eigenvalue weighted by Gasteiger charge is 2.40. The first kappa shape index (κ1) is 12.8. The van der Waals surface area contributed by atoms with E-state index in [2.05, 4.69) is 34.9 Å². The molecule has 1 heterocycles. The van der Waals surface area contributed by atoms with E-state index >= 15 is 0 Å². The molecule has 2 fully saturated rings. The lowest BCUT2D eigenvalue weighted by Gasteiger charge is -2.27. The van der Waals surface area contributed by atoms with Crippen molar-refractivity contribution < 1.29 is 0 Å². The van der Waals surface area contributed by atoms with E-state index in [9.17, 15) is 0 Å². The van der Waals surface area contributed by atoms with Gasteiger partial charge in [0.05, 0.1) is 0 Å². The van der Waals surface area contributed by atoms with E-state index in [1.165, 1.54) is 37.8 Å². The van der Waals surface area contributed by atoms with Crippen LogP contribution in [0.5, 0.6) is 0 Å². The second-order valence-electron chi connectivity index (χ2n) is 7.02. The average Bonchev–Trinajstić information content (AvgIpc) is 3.38. The van der Waals surface area contributed by atoms with Gasteiger partial charge < -0.3 is 10.6 Å². The predicted molar refractivity (Wildman–Crippen MR) is 82.7 cm³/mol. The van der Waals surface area contributed by atoms with Gasteiger partial charge in [-0.05, 0) is 61.1 Å². The van der Waals surface area contributed by atoms with Crippen molar-refractivity contribution >= 4 is 0 Å². The maximum Gasteiger partial charge on any atom is 0.0208 e. The number of nitrogens with one attached hydrogen (secondary N) is 2. The Morgan fingerprint density at radius 1 is 1.10 bits per heavy atom. The largest absolute Gasteiger partial charge is 0.316 e. The Morgan fingerprint density at radius 3 is 2.60 bits per heavy atom. The quantitative estimate of drug-likeness (QED) is 0.830. The minimum atomic E-state index is 0.652. The summed E-state index contributed by atoms with van der Waals surface area (Å²) in [5.41, 5.74) is 3.06. The summed E-state index contributed by atoms with van der Waals surface area (Å²) in [6, 6.07) is 8.94. The van der Waals surface area contributed by atoms with Crippen LogP contribution in [0.3, 0.4) is 0 Å². The van der Waals surface area contributed by atoms with Gasteiger partial charge in [0.1, 0.15) is 0 Å². The van der Waals surface area contributed by atoms with Crippen LogP contribution in [-0.4, -0.2) is 19.6 Å². The van der Waals surface area contributed by atoms with Crippen molar-refractivity contribution in [3.05, 3.63) is 35.4 Å². The molecule has 1 atom stereocenters. The Bertz CT molecular complexity index is 450. The molecule has 2 N–H and O–H groups in total. The van der Waals surface area contributed by atoms with Gasteiger partial charge >= 0.3 is 0 Å². The van der Waals surface area contributed by atoms with E-state index < -0.39 is 0 Å². The lowest BCUT2D eigenvalue weighted by molar-refractivity contribution is 0.369. The monoisotopic (exact) mass is 270 g/mol. The third-order valence-corrected chi connectivity index (χ3v) is 5.43. The second kappa shape index (κ2) is 5.50. The molecular formula is C18H26N2. The predicted octanol–water partition coefficient (Wildman–Crippen LogP) is 2.90. The normalized spacial score (nSPS) is 25.8. The van der Waals surface area contributed by atoms with E-state index in [1.54, 1.807) is 5.56 Å². The van der Waals surface area contributed by atoms with E-state index in [4.69, 9.17) is 0 Å². The highest BCUT2D eigenvalue weighted by molar-refractivity contribution is 5.32. The fourth-order valence-electron chi connectivity index (χ4n) is 3.96. The summed E-state index contributed by atoms with van der Waals surface area (Å²) in [6.45, 7) is 4.56. The van der Waals surface area contributed by atoms with E-state index in [0.29, 0.717) is 5.92 Å². The lowest BCUT2D eigenvalue weighted by Crippen LogP contribution is -2.36. The molecule has 0 aromatic heterocycles. The lowest BCUT2D eigenvalue weighted by atomic mass is 9.90. The maximum absolute atomic E-state index is 3.80. The SMILES string of the molecule is c1ccc2c(c1)CNCC2CNCC(C1CC1)C1CC1. The maximum atomic E-state index is 3.80. The zero-order chi connectivity index (χ0) is 13.4.